The van der Waals surface area contributed by atoms with Gasteiger partial charge in [-0.1, -0.05) is 65.2 Å². The normalized spacial score (nSPS) is 13.8. The van der Waals surface area contributed by atoms with Gasteiger partial charge in [0.15, 0.2) is 0 Å². The molecule has 0 saturated carbocycles. The fourth-order valence-electron chi connectivity index (χ4n) is 1.78. The fraction of sp³-hybridized carbons (Fsp3) is 0.929. The van der Waals surface area contributed by atoms with Gasteiger partial charge >= 0.3 is 0 Å². The first-order valence-corrected chi connectivity index (χ1v) is 10.6. The van der Waals surface area contributed by atoms with Gasteiger partial charge in [-0.25, -0.2) is 0 Å². The number of hydrogen-bond acceptors (Lipinski definition) is 1. The molecule has 1 nitrogen and oxygen atoms in total. The monoisotopic (exact) mass is 242 g/mol. The van der Waals surface area contributed by atoms with E-state index in [1.54, 1.807) is 0 Å². The van der Waals surface area contributed by atoms with Crippen LogP contribution in [0, 0.1) is 5.92 Å². The molecule has 96 valence electrons. The Morgan fingerprint density at radius 3 is 2.25 bits per heavy atom. The van der Waals surface area contributed by atoms with Crippen molar-refractivity contribution in [2.75, 3.05) is 0 Å². The van der Waals surface area contributed by atoms with Gasteiger partial charge in [0.1, 0.15) is 5.78 Å². The third-order valence-corrected chi connectivity index (χ3v) is 4.91. The van der Waals surface area contributed by atoms with Crippen molar-refractivity contribution in [3.63, 3.8) is 0 Å². The Bertz CT molecular complexity index is 193. The van der Waals surface area contributed by atoms with E-state index in [1.165, 1.54) is 25.7 Å². The zero-order valence-electron chi connectivity index (χ0n) is 11.9. The minimum absolute atomic E-state index is 0.299. The molecule has 0 unspecified atom stereocenters. The highest BCUT2D eigenvalue weighted by Crippen LogP contribution is 2.17. The van der Waals surface area contributed by atoms with Crippen LogP contribution in [0.15, 0.2) is 0 Å². The van der Waals surface area contributed by atoms with Crippen LogP contribution in [-0.4, -0.2) is 13.9 Å². The first-order chi connectivity index (χ1) is 7.37. The molecule has 0 spiro atoms. The van der Waals surface area contributed by atoms with Crippen molar-refractivity contribution >= 4 is 13.9 Å². The molecular weight excluding hydrogens is 212 g/mol. The number of hydrogen-bond donors (Lipinski definition) is 0. The van der Waals surface area contributed by atoms with Gasteiger partial charge in [-0.2, -0.15) is 0 Å². The summed E-state index contributed by atoms with van der Waals surface area (Å²) in [6.45, 7) is 11.4. The largest absolute Gasteiger partial charge is 0.299 e. The predicted octanol–water partition coefficient (Wildman–Crippen LogP) is 4.89. The lowest BCUT2D eigenvalue weighted by atomic mass is 9.97. The van der Waals surface area contributed by atoms with E-state index in [2.05, 4.69) is 33.5 Å². The molecule has 0 amide bonds. The van der Waals surface area contributed by atoms with Gasteiger partial charge in [0, 0.05) is 20.4 Å². The summed E-state index contributed by atoms with van der Waals surface area (Å²) in [5.41, 5.74) is 0. The van der Waals surface area contributed by atoms with Crippen molar-refractivity contribution in [3.05, 3.63) is 0 Å². The van der Waals surface area contributed by atoms with Crippen LogP contribution in [0.2, 0.25) is 25.7 Å². The van der Waals surface area contributed by atoms with E-state index in [0.29, 0.717) is 11.7 Å². The summed E-state index contributed by atoms with van der Waals surface area (Å²) in [6.07, 6.45) is 7.04. The molecule has 2 heteroatoms. The first-order valence-electron chi connectivity index (χ1n) is 6.89. The molecular formula is C14H30OSi. The maximum atomic E-state index is 11.9. The molecule has 0 aliphatic rings. The van der Waals surface area contributed by atoms with E-state index >= 15 is 0 Å². The highest BCUT2D eigenvalue weighted by molar-refractivity contribution is 6.76. The summed E-state index contributed by atoms with van der Waals surface area (Å²) in [4.78, 5) is 11.9. The summed E-state index contributed by atoms with van der Waals surface area (Å²) >= 11 is 0. The molecule has 0 aromatic heterocycles. The van der Waals surface area contributed by atoms with Crippen molar-refractivity contribution in [1.29, 1.82) is 0 Å². The molecule has 0 aromatic rings. The van der Waals surface area contributed by atoms with Gasteiger partial charge in [0.2, 0.25) is 0 Å². The number of carbonyl (C=O) groups excluding carboxylic acids is 1. The molecule has 1 atom stereocenters. The van der Waals surface area contributed by atoms with Crippen molar-refractivity contribution in [3.8, 4) is 0 Å². The van der Waals surface area contributed by atoms with Crippen molar-refractivity contribution < 1.29 is 4.79 Å². The van der Waals surface area contributed by atoms with Gasteiger partial charge in [0.05, 0.1) is 0 Å². The Balaban J connectivity index is 3.65. The summed E-state index contributed by atoms with van der Waals surface area (Å²) in [6, 6.07) is 1.16. The van der Waals surface area contributed by atoms with Gasteiger partial charge in [-0.15, -0.1) is 0 Å². The van der Waals surface area contributed by atoms with Crippen molar-refractivity contribution in [2.24, 2.45) is 5.92 Å². The average Bonchev–Trinajstić information content (AvgIpc) is 2.19. The number of ketones is 1. The maximum Gasteiger partial charge on any atom is 0.135 e. The Labute approximate surface area is 103 Å². The minimum atomic E-state index is -1.03. The molecule has 0 N–H and O–H groups in total. The Morgan fingerprint density at radius 2 is 1.75 bits per heavy atom. The molecule has 0 fully saturated rings. The van der Waals surface area contributed by atoms with E-state index in [0.717, 1.165) is 18.9 Å². The summed E-state index contributed by atoms with van der Waals surface area (Å²) < 4.78 is 0. The molecule has 0 radical (unpaired) electrons. The van der Waals surface area contributed by atoms with Crippen LogP contribution in [0.5, 0.6) is 0 Å². The fourth-order valence-corrected chi connectivity index (χ4v) is 2.78. The molecule has 0 aromatic carbocycles. The molecule has 0 saturated heterocycles. The van der Waals surface area contributed by atoms with Crippen LogP contribution in [-0.2, 0) is 4.79 Å². The van der Waals surface area contributed by atoms with E-state index in [-0.39, 0.29) is 0 Å². The highest BCUT2D eigenvalue weighted by atomic mass is 28.3. The lowest BCUT2D eigenvalue weighted by Gasteiger charge is -2.16. The maximum absolute atomic E-state index is 11.9. The molecule has 0 aliphatic carbocycles. The quantitative estimate of drug-likeness (QED) is 0.415. The third kappa shape index (κ3) is 9.14. The van der Waals surface area contributed by atoms with Crippen molar-refractivity contribution in [1.82, 2.24) is 0 Å². The first kappa shape index (κ1) is 15.9. The van der Waals surface area contributed by atoms with Crippen LogP contribution in [0.4, 0.5) is 0 Å². The van der Waals surface area contributed by atoms with Crippen LogP contribution in [0.25, 0.3) is 0 Å². The molecule has 0 heterocycles. The molecule has 0 rings (SSSR count). The van der Waals surface area contributed by atoms with E-state index < -0.39 is 8.07 Å². The smallest absolute Gasteiger partial charge is 0.135 e. The molecule has 16 heavy (non-hydrogen) atoms. The second-order valence-electron chi connectivity index (χ2n) is 6.28. The summed E-state index contributed by atoms with van der Waals surface area (Å²) in [5, 5.41) is 0. The van der Waals surface area contributed by atoms with Gasteiger partial charge in [0.25, 0.3) is 0 Å². The van der Waals surface area contributed by atoms with Crippen LogP contribution in [0.1, 0.15) is 52.4 Å². The minimum Gasteiger partial charge on any atom is -0.299 e. The van der Waals surface area contributed by atoms with Crippen LogP contribution >= 0.6 is 0 Å². The lowest BCUT2D eigenvalue weighted by Crippen LogP contribution is -2.22. The Kier molecular flexibility index (Phi) is 7.99. The number of carbonyl (C=O) groups is 1. The topological polar surface area (TPSA) is 17.1 Å². The molecule has 0 aliphatic heterocycles. The standard InChI is InChI=1S/C14H30OSi/c1-6-7-8-9-10-13(2)14(15)11-12-16(3,4)5/h13H,6-12H2,1-5H3/t13-/m1/s1. The number of unbranched alkanes of at least 4 members (excludes halogenated alkanes) is 3. The predicted molar refractivity (Wildman–Crippen MR) is 75.7 cm³/mol. The van der Waals surface area contributed by atoms with Crippen LogP contribution in [0.3, 0.4) is 0 Å². The zero-order valence-corrected chi connectivity index (χ0v) is 12.9. The second kappa shape index (κ2) is 8.05. The number of rotatable bonds is 9. The van der Waals surface area contributed by atoms with E-state index in [9.17, 15) is 4.79 Å². The lowest BCUT2D eigenvalue weighted by molar-refractivity contribution is -0.122. The zero-order chi connectivity index (χ0) is 12.6. The number of Topliss-reactive ketones (excluding diaryl/α,β-unsaturated/α-hetero) is 1. The molecule has 0 bridgehead atoms. The van der Waals surface area contributed by atoms with Crippen molar-refractivity contribution in [2.45, 2.75) is 78.1 Å². The SMILES string of the molecule is CCCCCC[C@@H](C)C(=O)CC[Si](C)(C)C. The summed E-state index contributed by atoms with van der Waals surface area (Å²) in [5.74, 6) is 0.798. The third-order valence-electron chi connectivity index (χ3n) is 3.16. The van der Waals surface area contributed by atoms with Gasteiger partial charge in [-0.05, 0) is 6.42 Å². The Hall–Kier alpha value is -0.113. The average molecular weight is 242 g/mol. The highest BCUT2D eigenvalue weighted by Gasteiger charge is 2.18. The Morgan fingerprint density at radius 1 is 1.12 bits per heavy atom. The van der Waals surface area contributed by atoms with Crippen LogP contribution < -0.4 is 0 Å². The van der Waals surface area contributed by atoms with E-state index in [1.807, 2.05) is 0 Å². The second-order valence-corrected chi connectivity index (χ2v) is 11.9. The summed E-state index contributed by atoms with van der Waals surface area (Å²) in [7, 11) is -1.03. The van der Waals surface area contributed by atoms with E-state index in [4.69, 9.17) is 0 Å². The van der Waals surface area contributed by atoms with Gasteiger partial charge in [-0.3, -0.25) is 4.79 Å². The van der Waals surface area contributed by atoms with Gasteiger partial charge < -0.3 is 0 Å².